The van der Waals surface area contributed by atoms with Crippen molar-refractivity contribution in [1.82, 2.24) is 5.32 Å². The van der Waals surface area contributed by atoms with Crippen molar-refractivity contribution < 1.29 is 19.2 Å². The molecule has 1 aromatic carbocycles. The predicted molar refractivity (Wildman–Crippen MR) is 92.8 cm³/mol. The van der Waals surface area contributed by atoms with Gasteiger partial charge in [-0.05, 0) is 32.0 Å². The van der Waals surface area contributed by atoms with E-state index in [1.807, 2.05) is 0 Å². The van der Waals surface area contributed by atoms with Crippen LogP contribution in [0.2, 0.25) is 0 Å². The van der Waals surface area contributed by atoms with Crippen molar-refractivity contribution in [3.63, 3.8) is 0 Å². The lowest BCUT2D eigenvalue weighted by Gasteiger charge is -2.22. The summed E-state index contributed by atoms with van der Waals surface area (Å²) in [5.74, 6) is 0.461. The quantitative estimate of drug-likeness (QED) is 0.612. The zero-order valence-electron chi connectivity index (χ0n) is 14.6. The molecule has 1 aromatic heterocycles. The third-order valence-corrected chi connectivity index (χ3v) is 3.78. The van der Waals surface area contributed by atoms with Crippen molar-refractivity contribution in [3.05, 3.63) is 57.5 Å². The van der Waals surface area contributed by atoms with E-state index in [0.717, 1.165) is 0 Å². The molecule has 2 N–H and O–H groups in total. The first-order chi connectivity index (χ1) is 11.6. The Morgan fingerprint density at radius 1 is 1.36 bits per heavy atom. The van der Waals surface area contributed by atoms with Crippen molar-refractivity contribution in [2.24, 2.45) is 0 Å². The fourth-order valence-electron chi connectivity index (χ4n) is 2.37. The van der Waals surface area contributed by atoms with E-state index >= 15 is 0 Å². The maximum atomic E-state index is 12.5. The summed E-state index contributed by atoms with van der Waals surface area (Å²) in [7, 11) is 3.47. The molecular weight excluding hydrogens is 326 g/mol. The number of amides is 1. The molecule has 8 heteroatoms. The van der Waals surface area contributed by atoms with Gasteiger partial charge in [0.05, 0.1) is 17.0 Å². The van der Waals surface area contributed by atoms with Crippen LogP contribution in [0.25, 0.3) is 0 Å². The Morgan fingerprint density at radius 2 is 2.04 bits per heavy atom. The van der Waals surface area contributed by atoms with Gasteiger partial charge in [0.2, 0.25) is 0 Å². The number of aryl methyl sites for hydroxylation is 1. The number of anilines is 1. The van der Waals surface area contributed by atoms with Crippen LogP contribution in [-0.4, -0.2) is 36.6 Å². The minimum absolute atomic E-state index is 0.103. The number of nitrogens with one attached hydrogen (secondary N) is 1. The molecule has 1 amide bonds. The van der Waals surface area contributed by atoms with Crippen LogP contribution in [0.5, 0.6) is 0 Å². The molecule has 0 saturated carbocycles. The number of hydrogen-bond donors (Lipinski definition) is 2. The molecule has 0 spiro atoms. The van der Waals surface area contributed by atoms with E-state index in [0.29, 0.717) is 17.2 Å². The van der Waals surface area contributed by atoms with Crippen LogP contribution in [0.15, 0.2) is 34.7 Å². The van der Waals surface area contributed by atoms with Crippen LogP contribution in [0.4, 0.5) is 11.4 Å². The second kappa shape index (κ2) is 6.94. The lowest BCUT2D eigenvalue weighted by Crippen LogP contribution is -2.38. The maximum Gasteiger partial charge on any atom is 0.270 e. The van der Waals surface area contributed by atoms with Crippen molar-refractivity contribution >= 4 is 17.3 Å². The summed E-state index contributed by atoms with van der Waals surface area (Å²) < 4.78 is 5.40. The fraction of sp³-hybridized carbons (Fsp3) is 0.353. The van der Waals surface area contributed by atoms with E-state index in [1.165, 1.54) is 25.1 Å². The van der Waals surface area contributed by atoms with Crippen LogP contribution in [0, 0.1) is 17.0 Å². The molecule has 0 aliphatic heterocycles. The summed E-state index contributed by atoms with van der Waals surface area (Å²) >= 11 is 0. The summed E-state index contributed by atoms with van der Waals surface area (Å²) in [5, 5.41) is 24.1. The molecule has 0 aliphatic carbocycles. The van der Waals surface area contributed by atoms with Gasteiger partial charge in [-0.1, -0.05) is 0 Å². The third kappa shape index (κ3) is 4.16. The Bertz CT molecular complexity index is 795. The lowest BCUT2D eigenvalue weighted by atomic mass is 10.0. The topological polar surface area (TPSA) is 109 Å². The Labute approximate surface area is 145 Å². The minimum Gasteiger partial charge on any atom is -0.463 e. The van der Waals surface area contributed by atoms with Crippen LogP contribution < -0.4 is 10.2 Å². The summed E-state index contributed by atoms with van der Waals surface area (Å²) in [6.45, 7) is 3.17. The highest BCUT2D eigenvalue weighted by atomic mass is 16.6. The van der Waals surface area contributed by atoms with Gasteiger partial charge in [0.25, 0.3) is 11.6 Å². The first-order valence-electron chi connectivity index (χ1n) is 7.65. The number of hydrogen-bond acceptors (Lipinski definition) is 6. The maximum absolute atomic E-state index is 12.5. The number of carbonyl (C=O) groups is 1. The summed E-state index contributed by atoms with van der Waals surface area (Å²) in [4.78, 5) is 24.6. The highest BCUT2D eigenvalue weighted by Crippen LogP contribution is 2.25. The van der Waals surface area contributed by atoms with Gasteiger partial charge in [-0.15, -0.1) is 0 Å². The first-order valence-corrected chi connectivity index (χ1v) is 7.65. The van der Waals surface area contributed by atoms with Crippen LogP contribution >= 0.6 is 0 Å². The monoisotopic (exact) mass is 347 g/mol. The highest BCUT2D eigenvalue weighted by Gasteiger charge is 2.28. The van der Waals surface area contributed by atoms with E-state index in [4.69, 9.17) is 4.42 Å². The molecule has 0 bridgehead atoms. The number of benzene rings is 1. The number of furan rings is 1. The number of nitro groups is 1. The molecule has 1 heterocycles. The zero-order chi connectivity index (χ0) is 18.8. The van der Waals surface area contributed by atoms with Crippen LogP contribution in [-0.2, 0) is 5.60 Å². The number of nitrogens with zero attached hydrogens (tertiary/aromatic N) is 2. The number of carbonyl (C=O) groups excluding carboxylic acids is 1. The third-order valence-electron chi connectivity index (χ3n) is 3.78. The van der Waals surface area contributed by atoms with E-state index in [-0.39, 0.29) is 17.8 Å². The molecule has 0 aliphatic rings. The van der Waals surface area contributed by atoms with Crippen molar-refractivity contribution in [3.8, 4) is 0 Å². The minimum atomic E-state index is -1.40. The molecule has 8 nitrogen and oxygen atoms in total. The summed E-state index contributed by atoms with van der Waals surface area (Å²) in [5.41, 5.74) is -0.880. The molecule has 0 saturated heterocycles. The average Bonchev–Trinajstić information content (AvgIpc) is 2.99. The molecule has 1 unspecified atom stereocenters. The number of aliphatic hydroxyl groups is 1. The molecule has 0 fully saturated rings. The van der Waals surface area contributed by atoms with E-state index in [2.05, 4.69) is 5.32 Å². The van der Waals surface area contributed by atoms with Gasteiger partial charge >= 0.3 is 0 Å². The normalized spacial score (nSPS) is 13.2. The van der Waals surface area contributed by atoms with Crippen molar-refractivity contribution in [1.29, 1.82) is 0 Å². The largest absolute Gasteiger partial charge is 0.463 e. The Hall–Kier alpha value is -2.87. The predicted octanol–water partition coefficient (Wildman–Crippen LogP) is 2.20. The number of non-ortho nitro benzene ring substituents is 1. The first kappa shape index (κ1) is 18.5. The smallest absolute Gasteiger partial charge is 0.270 e. The lowest BCUT2D eigenvalue weighted by molar-refractivity contribution is -0.384. The van der Waals surface area contributed by atoms with Gasteiger partial charge in [-0.25, -0.2) is 0 Å². The Kier molecular flexibility index (Phi) is 5.13. The Balaban J connectivity index is 2.22. The van der Waals surface area contributed by atoms with Gasteiger partial charge < -0.3 is 19.7 Å². The van der Waals surface area contributed by atoms with Crippen LogP contribution in [0.3, 0.4) is 0 Å². The van der Waals surface area contributed by atoms with Crippen LogP contribution in [0.1, 0.15) is 28.8 Å². The van der Waals surface area contributed by atoms with E-state index in [1.54, 1.807) is 38.1 Å². The van der Waals surface area contributed by atoms with E-state index in [9.17, 15) is 20.0 Å². The fourth-order valence-corrected chi connectivity index (χ4v) is 2.37. The SMILES string of the molecule is Cc1ccc(C(C)(O)CNC(=O)c2cc([N+](=O)[O-])ccc2N(C)C)o1. The van der Waals surface area contributed by atoms with Gasteiger partial charge in [-0.3, -0.25) is 14.9 Å². The molecule has 2 aromatic rings. The second-order valence-corrected chi connectivity index (χ2v) is 6.22. The van der Waals surface area contributed by atoms with Gasteiger partial charge in [0, 0.05) is 31.9 Å². The highest BCUT2D eigenvalue weighted by molar-refractivity contribution is 6.00. The molecule has 0 radical (unpaired) electrons. The zero-order valence-corrected chi connectivity index (χ0v) is 14.6. The Morgan fingerprint density at radius 3 is 2.56 bits per heavy atom. The summed E-state index contributed by atoms with van der Waals surface area (Å²) in [6.07, 6.45) is 0. The molecule has 2 rings (SSSR count). The number of nitro benzene ring substituents is 1. The standard InChI is InChI=1S/C17H21N3O5/c1-11-5-8-15(25-11)17(2,22)10-18-16(21)13-9-12(20(23)24)6-7-14(13)19(3)4/h5-9,22H,10H2,1-4H3,(H,18,21). The van der Waals surface area contributed by atoms with Gasteiger partial charge in [0.1, 0.15) is 17.1 Å². The van der Waals surface area contributed by atoms with Crippen molar-refractivity contribution in [2.75, 3.05) is 25.5 Å². The molecule has 134 valence electrons. The van der Waals surface area contributed by atoms with E-state index < -0.39 is 16.4 Å². The molecule has 25 heavy (non-hydrogen) atoms. The van der Waals surface area contributed by atoms with Gasteiger partial charge in [-0.2, -0.15) is 0 Å². The van der Waals surface area contributed by atoms with Crippen molar-refractivity contribution in [2.45, 2.75) is 19.4 Å². The molecular formula is C17H21N3O5. The average molecular weight is 347 g/mol. The number of rotatable bonds is 6. The molecule has 1 atom stereocenters. The van der Waals surface area contributed by atoms with Gasteiger partial charge in [0.15, 0.2) is 0 Å². The summed E-state index contributed by atoms with van der Waals surface area (Å²) in [6, 6.07) is 7.43. The second-order valence-electron chi connectivity index (χ2n) is 6.22.